The van der Waals surface area contributed by atoms with Crippen LogP contribution in [0, 0.1) is 0 Å². The second-order valence-electron chi connectivity index (χ2n) is 10.1. The molecule has 8 aromatic rings. The molecule has 0 amide bonds. The first-order valence-electron chi connectivity index (χ1n) is 13.5. The molecular weight excluding hydrogens is 488 g/mol. The second kappa shape index (κ2) is 9.11. The summed E-state index contributed by atoms with van der Waals surface area (Å²) in [4.78, 5) is 6.68. The highest BCUT2D eigenvalue weighted by molar-refractivity contribution is 6.09. The quantitative estimate of drug-likeness (QED) is 0.220. The third-order valence-corrected chi connectivity index (χ3v) is 7.73. The second-order valence-corrected chi connectivity index (χ2v) is 10.1. The lowest BCUT2D eigenvalue weighted by Crippen LogP contribution is -2.09. The monoisotopic (exact) mass is 512 g/mol. The standard InChI is InChI=1S/C37H24N2O/c1-2-6-25(7-3-1)26-12-15-29(16-13-26)39(31-18-19-36-34(23-31)35-24-38-21-20-37(35)40-36)30-17-14-28-11-10-27-8-4-5-9-32(27)33(28)22-30/h1-24H. The average molecular weight is 513 g/mol. The molecule has 0 bridgehead atoms. The average Bonchev–Trinajstić information content (AvgIpc) is 3.40. The van der Waals surface area contributed by atoms with Crippen LogP contribution in [0.1, 0.15) is 0 Å². The molecule has 188 valence electrons. The van der Waals surface area contributed by atoms with Gasteiger partial charge in [-0.1, -0.05) is 84.9 Å². The minimum atomic E-state index is 0.845. The van der Waals surface area contributed by atoms with Crippen molar-refractivity contribution >= 4 is 60.5 Å². The Balaban J connectivity index is 1.34. The predicted octanol–water partition coefficient (Wildman–Crippen LogP) is 10.4. The van der Waals surface area contributed by atoms with E-state index in [1.807, 2.05) is 18.3 Å². The maximum absolute atomic E-state index is 6.11. The number of hydrogen-bond donors (Lipinski definition) is 0. The minimum Gasteiger partial charge on any atom is -0.456 e. The van der Waals surface area contributed by atoms with Crippen molar-refractivity contribution in [3.05, 3.63) is 146 Å². The number of fused-ring (bicyclic) bond motifs is 6. The molecule has 0 saturated carbocycles. The Labute approximate surface area is 231 Å². The topological polar surface area (TPSA) is 29.3 Å². The van der Waals surface area contributed by atoms with Crippen LogP contribution in [0.2, 0.25) is 0 Å². The zero-order valence-corrected chi connectivity index (χ0v) is 21.7. The van der Waals surface area contributed by atoms with Gasteiger partial charge in [-0.2, -0.15) is 0 Å². The van der Waals surface area contributed by atoms with Gasteiger partial charge in [-0.05, 0) is 81.2 Å². The lowest BCUT2D eigenvalue weighted by atomic mass is 10.0. The maximum atomic E-state index is 6.11. The van der Waals surface area contributed by atoms with Gasteiger partial charge in [0.15, 0.2) is 0 Å². The SMILES string of the molecule is c1ccc(-c2ccc(N(c3ccc4ccc5ccccc5c4c3)c3ccc4oc5ccncc5c4c3)cc2)cc1. The van der Waals surface area contributed by atoms with E-state index in [0.717, 1.165) is 39.0 Å². The Kier molecular flexibility index (Phi) is 5.14. The van der Waals surface area contributed by atoms with Crippen LogP contribution < -0.4 is 4.90 Å². The smallest absolute Gasteiger partial charge is 0.138 e. The van der Waals surface area contributed by atoms with Crippen LogP contribution in [0.3, 0.4) is 0 Å². The van der Waals surface area contributed by atoms with Crippen molar-refractivity contribution < 1.29 is 4.42 Å². The van der Waals surface area contributed by atoms with Crippen LogP contribution in [0.4, 0.5) is 17.1 Å². The fraction of sp³-hybridized carbons (Fsp3) is 0. The van der Waals surface area contributed by atoms with E-state index in [0.29, 0.717) is 0 Å². The van der Waals surface area contributed by atoms with Gasteiger partial charge >= 0.3 is 0 Å². The number of benzene rings is 6. The van der Waals surface area contributed by atoms with Gasteiger partial charge in [-0.15, -0.1) is 0 Å². The summed E-state index contributed by atoms with van der Waals surface area (Å²) in [5.74, 6) is 0. The van der Waals surface area contributed by atoms with Crippen molar-refractivity contribution in [3.63, 3.8) is 0 Å². The number of furan rings is 1. The summed E-state index contributed by atoms with van der Waals surface area (Å²) in [6.07, 6.45) is 3.65. The first-order valence-corrected chi connectivity index (χ1v) is 13.5. The minimum absolute atomic E-state index is 0.845. The van der Waals surface area contributed by atoms with Gasteiger partial charge in [-0.25, -0.2) is 0 Å². The number of pyridine rings is 1. The van der Waals surface area contributed by atoms with E-state index in [2.05, 4.69) is 131 Å². The first kappa shape index (κ1) is 22.6. The molecule has 2 aromatic heterocycles. The van der Waals surface area contributed by atoms with Crippen molar-refractivity contribution in [2.24, 2.45) is 0 Å². The number of rotatable bonds is 4. The largest absolute Gasteiger partial charge is 0.456 e. The first-order chi connectivity index (χ1) is 19.8. The van der Waals surface area contributed by atoms with Crippen LogP contribution in [-0.2, 0) is 0 Å². The fourth-order valence-corrected chi connectivity index (χ4v) is 5.76. The van der Waals surface area contributed by atoms with E-state index in [9.17, 15) is 0 Å². The molecule has 6 aromatic carbocycles. The number of hydrogen-bond acceptors (Lipinski definition) is 3. The summed E-state index contributed by atoms with van der Waals surface area (Å²) in [6.45, 7) is 0. The zero-order valence-electron chi connectivity index (χ0n) is 21.7. The van der Waals surface area contributed by atoms with Crippen molar-refractivity contribution in [1.82, 2.24) is 4.98 Å². The van der Waals surface area contributed by atoms with Crippen LogP contribution in [-0.4, -0.2) is 4.98 Å². The van der Waals surface area contributed by atoms with Crippen molar-refractivity contribution in [3.8, 4) is 11.1 Å². The third-order valence-electron chi connectivity index (χ3n) is 7.73. The molecule has 0 aliphatic rings. The molecule has 40 heavy (non-hydrogen) atoms. The molecule has 3 nitrogen and oxygen atoms in total. The molecule has 0 aliphatic heterocycles. The molecule has 3 heteroatoms. The highest BCUT2D eigenvalue weighted by Gasteiger charge is 2.17. The summed E-state index contributed by atoms with van der Waals surface area (Å²) in [5, 5.41) is 7.03. The van der Waals surface area contributed by atoms with Gasteiger partial charge in [0.05, 0.1) is 0 Å². The fourth-order valence-electron chi connectivity index (χ4n) is 5.76. The van der Waals surface area contributed by atoms with E-state index in [1.54, 1.807) is 6.20 Å². The predicted molar refractivity (Wildman–Crippen MR) is 167 cm³/mol. The molecule has 2 heterocycles. The van der Waals surface area contributed by atoms with E-state index in [-0.39, 0.29) is 0 Å². The van der Waals surface area contributed by atoms with E-state index < -0.39 is 0 Å². The van der Waals surface area contributed by atoms with Crippen LogP contribution in [0.25, 0.3) is 54.6 Å². The molecule has 8 rings (SSSR count). The highest BCUT2D eigenvalue weighted by atomic mass is 16.3. The maximum Gasteiger partial charge on any atom is 0.138 e. The Bertz CT molecular complexity index is 2160. The van der Waals surface area contributed by atoms with Crippen LogP contribution >= 0.6 is 0 Å². The Morgan fingerprint density at radius 1 is 0.450 bits per heavy atom. The van der Waals surface area contributed by atoms with Crippen molar-refractivity contribution in [1.29, 1.82) is 0 Å². The molecule has 0 atom stereocenters. The van der Waals surface area contributed by atoms with Gasteiger partial charge in [0, 0.05) is 40.2 Å². The summed E-state index contributed by atoms with van der Waals surface area (Å²) >= 11 is 0. The number of anilines is 3. The third kappa shape index (κ3) is 3.71. The molecule has 0 unspecified atom stereocenters. The molecular formula is C37H24N2O. The van der Waals surface area contributed by atoms with Crippen LogP contribution in [0.15, 0.2) is 150 Å². The van der Waals surface area contributed by atoms with E-state index >= 15 is 0 Å². The molecule has 0 spiro atoms. The van der Waals surface area contributed by atoms with Gasteiger partial charge in [-0.3, -0.25) is 4.98 Å². The lowest BCUT2D eigenvalue weighted by molar-refractivity contribution is 0.668. The van der Waals surface area contributed by atoms with Gasteiger partial charge in [0.1, 0.15) is 11.2 Å². The van der Waals surface area contributed by atoms with E-state index in [4.69, 9.17) is 4.42 Å². The molecule has 0 saturated heterocycles. The van der Waals surface area contributed by atoms with Crippen LogP contribution in [0.5, 0.6) is 0 Å². The van der Waals surface area contributed by atoms with Gasteiger partial charge in [0.25, 0.3) is 0 Å². The number of aromatic nitrogens is 1. The molecule has 0 aliphatic carbocycles. The van der Waals surface area contributed by atoms with Gasteiger partial charge in [0.2, 0.25) is 0 Å². The Hall–Kier alpha value is -5.41. The van der Waals surface area contributed by atoms with Gasteiger partial charge < -0.3 is 9.32 Å². The highest BCUT2D eigenvalue weighted by Crippen LogP contribution is 2.40. The van der Waals surface area contributed by atoms with Crippen molar-refractivity contribution in [2.75, 3.05) is 4.90 Å². The van der Waals surface area contributed by atoms with Crippen molar-refractivity contribution in [2.45, 2.75) is 0 Å². The summed E-state index contributed by atoms with van der Waals surface area (Å²) < 4.78 is 6.11. The molecule has 0 radical (unpaired) electrons. The summed E-state index contributed by atoms with van der Waals surface area (Å²) in [6, 6.07) is 47.4. The Morgan fingerprint density at radius 2 is 1.07 bits per heavy atom. The van der Waals surface area contributed by atoms with E-state index in [1.165, 1.54) is 32.7 Å². The Morgan fingerprint density at radius 3 is 1.93 bits per heavy atom. The molecule has 0 fully saturated rings. The molecule has 0 N–H and O–H groups in total. The lowest BCUT2D eigenvalue weighted by Gasteiger charge is -2.26. The summed E-state index contributed by atoms with van der Waals surface area (Å²) in [7, 11) is 0. The number of nitrogens with zero attached hydrogens (tertiary/aromatic N) is 2. The normalized spacial score (nSPS) is 11.5. The zero-order chi connectivity index (χ0) is 26.5. The summed E-state index contributed by atoms with van der Waals surface area (Å²) in [5.41, 5.74) is 7.35.